The molecule has 1 aliphatic rings. The predicted molar refractivity (Wildman–Crippen MR) is 72.6 cm³/mol. The third kappa shape index (κ3) is 7.42. The SMILES string of the molecule is COCCNC(=O)CN(CCC(=O)O)CC1CCCO1. The first-order valence-corrected chi connectivity index (χ1v) is 6.93. The molecule has 0 spiro atoms. The zero-order chi connectivity index (χ0) is 14.8. The van der Waals surface area contributed by atoms with Crippen molar-refractivity contribution in [3.8, 4) is 0 Å². The molecule has 2 N–H and O–H groups in total. The van der Waals surface area contributed by atoms with E-state index in [1.165, 1.54) is 0 Å². The van der Waals surface area contributed by atoms with E-state index in [9.17, 15) is 9.59 Å². The standard InChI is InChI=1S/C13H24N2O5/c1-19-8-5-14-12(16)10-15(6-4-13(17)18)9-11-3-2-7-20-11/h11H,2-10H2,1H3,(H,14,16)(H,17,18). The second-order valence-electron chi connectivity index (χ2n) is 4.86. The van der Waals surface area contributed by atoms with Crippen LogP contribution in [-0.2, 0) is 19.1 Å². The van der Waals surface area contributed by atoms with Crippen molar-refractivity contribution in [3.05, 3.63) is 0 Å². The van der Waals surface area contributed by atoms with Gasteiger partial charge in [0.25, 0.3) is 0 Å². The number of amides is 1. The number of aliphatic carboxylic acids is 1. The van der Waals surface area contributed by atoms with E-state index in [0.717, 1.165) is 19.4 Å². The molecule has 0 aromatic carbocycles. The van der Waals surface area contributed by atoms with Crippen LogP contribution in [0.25, 0.3) is 0 Å². The lowest BCUT2D eigenvalue weighted by atomic mass is 10.2. The monoisotopic (exact) mass is 288 g/mol. The molecule has 0 aliphatic carbocycles. The molecule has 1 amide bonds. The van der Waals surface area contributed by atoms with Gasteiger partial charge >= 0.3 is 5.97 Å². The van der Waals surface area contributed by atoms with Gasteiger partial charge < -0.3 is 19.9 Å². The van der Waals surface area contributed by atoms with Gasteiger partial charge in [-0.25, -0.2) is 0 Å². The minimum Gasteiger partial charge on any atom is -0.481 e. The van der Waals surface area contributed by atoms with Crippen LogP contribution in [0.1, 0.15) is 19.3 Å². The van der Waals surface area contributed by atoms with E-state index in [1.807, 2.05) is 4.90 Å². The molecule has 1 saturated heterocycles. The summed E-state index contributed by atoms with van der Waals surface area (Å²) < 4.78 is 10.4. The number of carboxylic acid groups (broad SMARTS) is 1. The minimum absolute atomic E-state index is 0.0259. The van der Waals surface area contributed by atoms with Crippen LogP contribution in [0.4, 0.5) is 0 Å². The van der Waals surface area contributed by atoms with Crippen molar-refractivity contribution < 1.29 is 24.2 Å². The van der Waals surface area contributed by atoms with Crippen LogP contribution in [0.2, 0.25) is 0 Å². The lowest BCUT2D eigenvalue weighted by molar-refractivity contribution is -0.138. The van der Waals surface area contributed by atoms with Gasteiger partial charge in [0.15, 0.2) is 0 Å². The number of hydrogen-bond donors (Lipinski definition) is 2. The van der Waals surface area contributed by atoms with Gasteiger partial charge in [-0.3, -0.25) is 14.5 Å². The van der Waals surface area contributed by atoms with Crippen LogP contribution in [-0.4, -0.2) is 74.5 Å². The molecule has 116 valence electrons. The molecular formula is C13H24N2O5. The molecule has 7 nitrogen and oxygen atoms in total. The molecule has 7 heteroatoms. The van der Waals surface area contributed by atoms with E-state index in [4.69, 9.17) is 14.6 Å². The van der Waals surface area contributed by atoms with Crippen LogP contribution >= 0.6 is 0 Å². The smallest absolute Gasteiger partial charge is 0.304 e. The first-order valence-electron chi connectivity index (χ1n) is 6.93. The van der Waals surface area contributed by atoms with Crippen molar-refractivity contribution >= 4 is 11.9 Å². The van der Waals surface area contributed by atoms with Crippen LogP contribution in [0.3, 0.4) is 0 Å². The summed E-state index contributed by atoms with van der Waals surface area (Å²) in [7, 11) is 1.57. The maximum atomic E-state index is 11.8. The third-order valence-corrected chi connectivity index (χ3v) is 3.12. The Morgan fingerprint density at radius 3 is 2.90 bits per heavy atom. The topological polar surface area (TPSA) is 88.1 Å². The molecule has 20 heavy (non-hydrogen) atoms. The fourth-order valence-corrected chi connectivity index (χ4v) is 2.12. The predicted octanol–water partition coefficient (Wildman–Crippen LogP) is -0.295. The Hall–Kier alpha value is -1.18. The highest BCUT2D eigenvalue weighted by Crippen LogP contribution is 2.13. The zero-order valence-corrected chi connectivity index (χ0v) is 12.0. The van der Waals surface area contributed by atoms with Crippen molar-refractivity contribution in [2.24, 2.45) is 0 Å². The molecule has 1 fully saturated rings. The van der Waals surface area contributed by atoms with E-state index < -0.39 is 5.97 Å². The highest BCUT2D eigenvalue weighted by atomic mass is 16.5. The summed E-state index contributed by atoms with van der Waals surface area (Å²) in [6, 6.07) is 0. The van der Waals surface area contributed by atoms with E-state index in [2.05, 4.69) is 5.32 Å². The minimum atomic E-state index is -0.859. The lowest BCUT2D eigenvalue weighted by Gasteiger charge is -2.24. The van der Waals surface area contributed by atoms with Crippen LogP contribution in [0.5, 0.6) is 0 Å². The number of methoxy groups -OCH3 is 1. The molecule has 1 heterocycles. The van der Waals surface area contributed by atoms with Crippen molar-refractivity contribution in [1.82, 2.24) is 10.2 Å². The molecule has 1 aliphatic heterocycles. The van der Waals surface area contributed by atoms with Gasteiger partial charge in [0.2, 0.25) is 5.91 Å². The lowest BCUT2D eigenvalue weighted by Crippen LogP contribution is -2.42. The molecule has 1 atom stereocenters. The van der Waals surface area contributed by atoms with Crippen LogP contribution in [0.15, 0.2) is 0 Å². The fraction of sp³-hybridized carbons (Fsp3) is 0.846. The first kappa shape index (κ1) is 16.9. The van der Waals surface area contributed by atoms with Gasteiger partial charge in [0.05, 0.1) is 25.7 Å². The number of rotatable bonds is 10. The number of carboxylic acids is 1. The van der Waals surface area contributed by atoms with E-state index >= 15 is 0 Å². The summed E-state index contributed by atoms with van der Waals surface area (Å²) in [6.07, 6.45) is 2.13. The van der Waals surface area contributed by atoms with Crippen molar-refractivity contribution in [3.63, 3.8) is 0 Å². The number of carbonyl (C=O) groups is 2. The molecule has 0 radical (unpaired) electrons. The average molecular weight is 288 g/mol. The summed E-state index contributed by atoms with van der Waals surface area (Å²) in [5.41, 5.74) is 0. The van der Waals surface area contributed by atoms with Gasteiger partial charge in [0.1, 0.15) is 0 Å². The van der Waals surface area contributed by atoms with E-state index in [0.29, 0.717) is 26.2 Å². The summed E-state index contributed by atoms with van der Waals surface area (Å²) in [5, 5.41) is 11.5. The van der Waals surface area contributed by atoms with E-state index in [-0.39, 0.29) is 25.0 Å². The largest absolute Gasteiger partial charge is 0.481 e. The fourth-order valence-electron chi connectivity index (χ4n) is 2.12. The highest BCUT2D eigenvalue weighted by Gasteiger charge is 2.21. The summed E-state index contributed by atoms with van der Waals surface area (Å²) in [5.74, 6) is -0.979. The zero-order valence-electron chi connectivity index (χ0n) is 12.0. The first-order chi connectivity index (χ1) is 9.61. The summed E-state index contributed by atoms with van der Waals surface area (Å²) >= 11 is 0. The Morgan fingerprint density at radius 1 is 1.50 bits per heavy atom. The van der Waals surface area contributed by atoms with Crippen LogP contribution < -0.4 is 5.32 Å². The second kappa shape index (κ2) is 9.68. The Bertz CT molecular complexity index is 305. The van der Waals surface area contributed by atoms with Gasteiger partial charge in [-0.15, -0.1) is 0 Å². The molecular weight excluding hydrogens is 264 g/mol. The van der Waals surface area contributed by atoms with Gasteiger partial charge in [-0.05, 0) is 12.8 Å². The maximum Gasteiger partial charge on any atom is 0.304 e. The number of hydrogen-bond acceptors (Lipinski definition) is 5. The van der Waals surface area contributed by atoms with Gasteiger partial charge in [0, 0.05) is 33.4 Å². The quantitative estimate of drug-likeness (QED) is 0.537. The molecule has 1 rings (SSSR count). The van der Waals surface area contributed by atoms with Crippen molar-refractivity contribution in [2.75, 3.05) is 46.5 Å². The van der Waals surface area contributed by atoms with Gasteiger partial charge in [-0.2, -0.15) is 0 Å². The number of nitrogens with zero attached hydrogens (tertiary/aromatic N) is 1. The van der Waals surface area contributed by atoms with E-state index in [1.54, 1.807) is 7.11 Å². The molecule has 1 unspecified atom stereocenters. The molecule has 0 bridgehead atoms. The maximum absolute atomic E-state index is 11.8. The molecule has 0 aromatic rings. The normalized spacial score (nSPS) is 18.4. The second-order valence-corrected chi connectivity index (χ2v) is 4.86. The van der Waals surface area contributed by atoms with Gasteiger partial charge in [-0.1, -0.05) is 0 Å². The Kier molecular flexibility index (Phi) is 8.17. The number of carbonyl (C=O) groups excluding carboxylic acids is 1. The Balaban J connectivity index is 2.35. The Morgan fingerprint density at radius 2 is 2.30 bits per heavy atom. The third-order valence-electron chi connectivity index (χ3n) is 3.12. The van der Waals surface area contributed by atoms with Crippen molar-refractivity contribution in [2.45, 2.75) is 25.4 Å². The number of nitrogens with one attached hydrogen (secondary N) is 1. The summed E-state index contributed by atoms with van der Waals surface area (Å²) in [4.78, 5) is 24.3. The number of ether oxygens (including phenoxy) is 2. The van der Waals surface area contributed by atoms with Crippen molar-refractivity contribution in [1.29, 1.82) is 0 Å². The highest BCUT2D eigenvalue weighted by molar-refractivity contribution is 5.78. The Labute approximate surface area is 119 Å². The average Bonchev–Trinajstić information content (AvgIpc) is 2.89. The van der Waals surface area contributed by atoms with Crippen LogP contribution in [0, 0.1) is 0 Å². The molecule has 0 aromatic heterocycles. The summed E-state index contributed by atoms with van der Waals surface area (Å²) in [6.45, 7) is 2.82. The molecule has 0 saturated carbocycles.